The molecule has 0 fully saturated rings. The zero-order chi connectivity index (χ0) is 21.5. The average molecular weight is 445 g/mol. The van der Waals surface area contributed by atoms with Crippen LogP contribution in [0.2, 0.25) is 10.0 Å². The molecule has 7 heteroatoms. The fraction of sp³-hybridized carbons (Fsp3) is 0.174. The van der Waals surface area contributed by atoms with Crippen LogP contribution in [0.4, 0.5) is 11.4 Å². The van der Waals surface area contributed by atoms with Crippen LogP contribution in [0.15, 0.2) is 60.7 Å². The molecular formula is C23H22Cl2N2O3. The van der Waals surface area contributed by atoms with E-state index in [0.717, 1.165) is 16.8 Å². The summed E-state index contributed by atoms with van der Waals surface area (Å²) in [5, 5.41) is 7.37. The number of halogens is 2. The van der Waals surface area contributed by atoms with E-state index in [1.807, 2.05) is 49.4 Å². The van der Waals surface area contributed by atoms with Crippen LogP contribution in [0, 0.1) is 6.92 Å². The molecule has 5 nitrogen and oxygen atoms in total. The summed E-state index contributed by atoms with van der Waals surface area (Å²) >= 11 is 12.0. The fourth-order valence-corrected chi connectivity index (χ4v) is 3.03. The van der Waals surface area contributed by atoms with Gasteiger partial charge in [-0.25, -0.2) is 0 Å². The number of rotatable bonds is 8. The van der Waals surface area contributed by atoms with Gasteiger partial charge in [-0.2, -0.15) is 0 Å². The van der Waals surface area contributed by atoms with E-state index in [1.54, 1.807) is 25.3 Å². The second-order valence-corrected chi connectivity index (χ2v) is 7.49. The number of carbonyl (C=O) groups is 1. The van der Waals surface area contributed by atoms with Crippen LogP contribution in [0.5, 0.6) is 11.5 Å². The Bertz CT molecular complexity index is 1020. The van der Waals surface area contributed by atoms with E-state index < -0.39 is 0 Å². The van der Waals surface area contributed by atoms with Crippen molar-refractivity contribution >= 4 is 40.5 Å². The lowest BCUT2D eigenvalue weighted by molar-refractivity contribution is -0.118. The largest absolute Gasteiger partial charge is 0.493 e. The van der Waals surface area contributed by atoms with Gasteiger partial charge in [-0.05, 0) is 66.6 Å². The minimum Gasteiger partial charge on any atom is -0.493 e. The summed E-state index contributed by atoms with van der Waals surface area (Å²) in [5.41, 5.74) is 3.54. The lowest BCUT2D eigenvalue weighted by Gasteiger charge is -2.13. The maximum absolute atomic E-state index is 12.2. The molecule has 1 amide bonds. The lowest BCUT2D eigenvalue weighted by atomic mass is 10.2. The van der Waals surface area contributed by atoms with E-state index in [2.05, 4.69) is 10.6 Å². The molecule has 0 saturated carbocycles. The molecule has 0 radical (unpaired) electrons. The van der Waals surface area contributed by atoms with Crippen molar-refractivity contribution in [2.75, 3.05) is 24.4 Å². The third-order valence-electron chi connectivity index (χ3n) is 4.38. The van der Waals surface area contributed by atoms with Crippen molar-refractivity contribution in [3.63, 3.8) is 0 Å². The highest BCUT2D eigenvalue weighted by Crippen LogP contribution is 2.28. The van der Waals surface area contributed by atoms with Gasteiger partial charge in [-0.1, -0.05) is 35.3 Å². The van der Waals surface area contributed by atoms with Crippen LogP contribution >= 0.6 is 23.2 Å². The Balaban J connectivity index is 1.56. The number of methoxy groups -OCH3 is 1. The van der Waals surface area contributed by atoms with Crippen LogP contribution in [-0.2, 0) is 11.3 Å². The van der Waals surface area contributed by atoms with E-state index >= 15 is 0 Å². The molecule has 0 unspecified atom stereocenters. The smallest absolute Gasteiger partial charge is 0.262 e. The van der Waals surface area contributed by atoms with Gasteiger partial charge in [0.15, 0.2) is 18.1 Å². The predicted octanol–water partition coefficient (Wildman–Crippen LogP) is 5.94. The first kappa shape index (κ1) is 21.8. The van der Waals surface area contributed by atoms with Gasteiger partial charge in [0.25, 0.3) is 5.91 Å². The van der Waals surface area contributed by atoms with Crippen molar-refractivity contribution < 1.29 is 14.3 Å². The summed E-state index contributed by atoms with van der Waals surface area (Å²) in [5.74, 6) is 0.756. The van der Waals surface area contributed by atoms with Gasteiger partial charge < -0.3 is 20.1 Å². The monoisotopic (exact) mass is 444 g/mol. The second kappa shape index (κ2) is 10.2. The minimum atomic E-state index is -0.287. The maximum Gasteiger partial charge on any atom is 0.262 e. The number of hydrogen-bond acceptors (Lipinski definition) is 4. The maximum atomic E-state index is 12.2. The quantitative estimate of drug-likeness (QED) is 0.451. The minimum absolute atomic E-state index is 0.149. The van der Waals surface area contributed by atoms with E-state index in [1.165, 1.54) is 0 Å². The molecule has 0 heterocycles. The van der Waals surface area contributed by atoms with Gasteiger partial charge in [0.2, 0.25) is 0 Å². The first-order valence-corrected chi connectivity index (χ1v) is 10.1. The van der Waals surface area contributed by atoms with Crippen LogP contribution in [-0.4, -0.2) is 19.6 Å². The number of carbonyl (C=O) groups excluding carboxylic acids is 1. The van der Waals surface area contributed by atoms with Crippen molar-refractivity contribution in [3.05, 3.63) is 81.8 Å². The molecule has 0 aliphatic rings. The third kappa shape index (κ3) is 6.05. The number of benzene rings is 3. The molecular weight excluding hydrogens is 423 g/mol. The van der Waals surface area contributed by atoms with Gasteiger partial charge in [-0.15, -0.1) is 0 Å². The number of anilines is 2. The van der Waals surface area contributed by atoms with Gasteiger partial charge in [-0.3, -0.25) is 4.79 Å². The molecule has 30 heavy (non-hydrogen) atoms. The standard InChI is InChI=1S/C23H22Cl2N2O3/c1-15-3-7-19(12-20(15)25)27-23(28)14-30-21-10-4-16(11-22(21)29-2)13-26-18-8-5-17(24)6-9-18/h3-12,26H,13-14H2,1-2H3,(H,27,28). The summed E-state index contributed by atoms with van der Waals surface area (Å²) in [6, 6.07) is 18.4. The van der Waals surface area contributed by atoms with E-state index in [9.17, 15) is 4.79 Å². The van der Waals surface area contributed by atoms with Crippen LogP contribution in [0.1, 0.15) is 11.1 Å². The predicted molar refractivity (Wildman–Crippen MR) is 122 cm³/mol. The average Bonchev–Trinajstić information content (AvgIpc) is 2.74. The van der Waals surface area contributed by atoms with Crippen LogP contribution in [0.3, 0.4) is 0 Å². The summed E-state index contributed by atoms with van der Waals surface area (Å²) < 4.78 is 11.1. The van der Waals surface area contributed by atoms with Gasteiger partial charge in [0, 0.05) is 28.0 Å². The number of amides is 1. The summed E-state index contributed by atoms with van der Waals surface area (Å²) in [6.45, 7) is 2.36. The molecule has 0 aromatic heterocycles. The highest BCUT2D eigenvalue weighted by atomic mass is 35.5. The Morgan fingerprint density at radius 1 is 0.933 bits per heavy atom. The first-order chi connectivity index (χ1) is 14.4. The molecule has 2 N–H and O–H groups in total. The Hall–Kier alpha value is -2.89. The fourth-order valence-electron chi connectivity index (χ4n) is 2.72. The van der Waals surface area contributed by atoms with E-state index in [-0.39, 0.29) is 12.5 Å². The SMILES string of the molecule is COc1cc(CNc2ccc(Cl)cc2)ccc1OCC(=O)Nc1ccc(C)c(Cl)c1. The highest BCUT2D eigenvalue weighted by Gasteiger charge is 2.10. The molecule has 0 saturated heterocycles. The van der Waals surface area contributed by atoms with E-state index in [4.69, 9.17) is 32.7 Å². The lowest BCUT2D eigenvalue weighted by Crippen LogP contribution is -2.20. The summed E-state index contributed by atoms with van der Waals surface area (Å²) in [6.07, 6.45) is 0. The molecule has 0 atom stereocenters. The number of nitrogens with one attached hydrogen (secondary N) is 2. The van der Waals surface area contributed by atoms with Crippen molar-refractivity contribution in [1.29, 1.82) is 0 Å². The van der Waals surface area contributed by atoms with Crippen molar-refractivity contribution in [1.82, 2.24) is 0 Å². The normalized spacial score (nSPS) is 10.4. The highest BCUT2D eigenvalue weighted by molar-refractivity contribution is 6.31. The number of ether oxygens (including phenoxy) is 2. The molecule has 156 valence electrons. The van der Waals surface area contributed by atoms with Crippen molar-refractivity contribution in [2.45, 2.75) is 13.5 Å². The molecule has 0 bridgehead atoms. The Morgan fingerprint density at radius 2 is 1.67 bits per heavy atom. The van der Waals surface area contributed by atoms with Gasteiger partial charge in [0.05, 0.1) is 7.11 Å². The Morgan fingerprint density at radius 3 is 2.37 bits per heavy atom. The van der Waals surface area contributed by atoms with Gasteiger partial charge >= 0.3 is 0 Å². The van der Waals surface area contributed by atoms with Crippen LogP contribution in [0.25, 0.3) is 0 Å². The molecule has 0 spiro atoms. The second-order valence-electron chi connectivity index (χ2n) is 6.65. The Labute approximate surface area is 185 Å². The van der Waals surface area contributed by atoms with Crippen molar-refractivity contribution in [3.8, 4) is 11.5 Å². The van der Waals surface area contributed by atoms with Gasteiger partial charge in [0.1, 0.15) is 0 Å². The Kier molecular flexibility index (Phi) is 7.44. The zero-order valence-corrected chi connectivity index (χ0v) is 18.2. The zero-order valence-electron chi connectivity index (χ0n) is 16.7. The molecule has 0 aliphatic heterocycles. The number of aryl methyl sites for hydroxylation is 1. The van der Waals surface area contributed by atoms with Crippen LogP contribution < -0.4 is 20.1 Å². The number of hydrogen-bond donors (Lipinski definition) is 2. The summed E-state index contributed by atoms with van der Waals surface area (Å²) in [7, 11) is 1.56. The van der Waals surface area contributed by atoms with Crippen molar-refractivity contribution in [2.24, 2.45) is 0 Å². The first-order valence-electron chi connectivity index (χ1n) is 9.30. The topological polar surface area (TPSA) is 59.6 Å². The molecule has 3 aromatic carbocycles. The summed E-state index contributed by atoms with van der Waals surface area (Å²) in [4.78, 5) is 12.2. The third-order valence-corrected chi connectivity index (χ3v) is 5.04. The molecule has 0 aliphatic carbocycles. The molecule has 3 aromatic rings. The molecule has 3 rings (SSSR count). The van der Waals surface area contributed by atoms with E-state index in [0.29, 0.717) is 33.8 Å².